The van der Waals surface area contributed by atoms with Crippen LogP contribution in [-0.2, 0) is 0 Å². The number of nitrogens with one attached hydrogen (secondary N) is 1. The van der Waals surface area contributed by atoms with Crippen LogP contribution in [0.15, 0.2) is 42.5 Å². The first-order chi connectivity index (χ1) is 8.88. The highest BCUT2D eigenvalue weighted by Gasteiger charge is 2.33. The highest BCUT2D eigenvalue weighted by Crippen LogP contribution is 2.37. The smallest absolute Gasteiger partial charge is 0.00760 e. The highest BCUT2D eigenvalue weighted by molar-refractivity contribution is 5.83. The van der Waals surface area contributed by atoms with Crippen LogP contribution in [0.4, 0.5) is 0 Å². The van der Waals surface area contributed by atoms with Gasteiger partial charge in [0, 0.05) is 12.1 Å². The Labute approximate surface area is 108 Å². The average molecular weight is 237 g/mol. The van der Waals surface area contributed by atoms with Crippen molar-refractivity contribution < 1.29 is 0 Å². The van der Waals surface area contributed by atoms with Gasteiger partial charge < -0.3 is 5.32 Å². The Kier molecular flexibility index (Phi) is 2.41. The van der Waals surface area contributed by atoms with Crippen molar-refractivity contribution in [2.75, 3.05) is 0 Å². The van der Waals surface area contributed by atoms with Crippen LogP contribution in [0.25, 0.3) is 10.8 Å². The Morgan fingerprint density at radius 2 is 1.56 bits per heavy atom. The molecule has 1 nitrogen and oxygen atoms in total. The Balaban J connectivity index is 1.70. The molecule has 2 aromatic carbocycles. The molecule has 0 spiro atoms. The molecule has 4 rings (SSSR count). The van der Waals surface area contributed by atoms with E-state index in [1.165, 1.54) is 36.5 Å². The fraction of sp³-hybridized carbons (Fsp3) is 0.412. The van der Waals surface area contributed by atoms with Crippen molar-refractivity contribution in [3.05, 3.63) is 48.0 Å². The minimum Gasteiger partial charge on any atom is -0.311 e. The molecule has 2 bridgehead atoms. The third-order valence-electron chi connectivity index (χ3n) is 4.72. The van der Waals surface area contributed by atoms with Crippen molar-refractivity contribution in [2.24, 2.45) is 0 Å². The molecule has 0 aliphatic carbocycles. The summed E-state index contributed by atoms with van der Waals surface area (Å²) in [6.07, 6.45) is 5.42. The largest absolute Gasteiger partial charge is 0.311 e. The number of benzene rings is 2. The monoisotopic (exact) mass is 237 g/mol. The number of hydrogen-bond acceptors (Lipinski definition) is 1. The SMILES string of the molecule is c1ccc2cc(C3C[C@H]4CC[C@@H](C3)N4)ccc2c1. The zero-order valence-electron chi connectivity index (χ0n) is 10.6. The van der Waals surface area contributed by atoms with Crippen molar-refractivity contribution in [1.82, 2.24) is 5.32 Å². The van der Waals surface area contributed by atoms with Gasteiger partial charge in [0.05, 0.1) is 0 Å². The zero-order chi connectivity index (χ0) is 11.9. The Morgan fingerprint density at radius 1 is 0.833 bits per heavy atom. The summed E-state index contributed by atoms with van der Waals surface area (Å²) in [6, 6.07) is 17.3. The molecule has 0 saturated carbocycles. The van der Waals surface area contributed by atoms with Crippen LogP contribution < -0.4 is 5.32 Å². The van der Waals surface area contributed by atoms with Crippen LogP contribution in [-0.4, -0.2) is 12.1 Å². The average Bonchev–Trinajstić information content (AvgIpc) is 2.77. The van der Waals surface area contributed by atoms with E-state index in [-0.39, 0.29) is 0 Å². The summed E-state index contributed by atoms with van der Waals surface area (Å²) >= 11 is 0. The maximum atomic E-state index is 3.73. The third-order valence-corrected chi connectivity index (χ3v) is 4.72. The molecule has 2 heterocycles. The van der Waals surface area contributed by atoms with E-state index in [9.17, 15) is 0 Å². The van der Waals surface area contributed by atoms with Crippen molar-refractivity contribution >= 4 is 10.8 Å². The van der Waals surface area contributed by atoms with E-state index in [1.54, 1.807) is 5.56 Å². The van der Waals surface area contributed by atoms with Crippen molar-refractivity contribution in [1.29, 1.82) is 0 Å². The normalized spacial score (nSPS) is 30.8. The van der Waals surface area contributed by atoms with Gasteiger partial charge in [-0.3, -0.25) is 0 Å². The molecule has 1 N–H and O–H groups in total. The summed E-state index contributed by atoms with van der Waals surface area (Å²) in [6.45, 7) is 0. The molecule has 1 heteroatoms. The molecule has 0 aromatic heterocycles. The summed E-state index contributed by atoms with van der Waals surface area (Å²) < 4.78 is 0. The molecule has 92 valence electrons. The van der Waals surface area contributed by atoms with Gasteiger partial charge >= 0.3 is 0 Å². The first-order valence-corrected chi connectivity index (χ1v) is 7.13. The molecule has 18 heavy (non-hydrogen) atoms. The number of hydrogen-bond donors (Lipinski definition) is 1. The highest BCUT2D eigenvalue weighted by atomic mass is 15.0. The molecule has 2 aliphatic heterocycles. The molecule has 2 aliphatic rings. The molecule has 2 aromatic rings. The molecule has 0 radical (unpaired) electrons. The van der Waals surface area contributed by atoms with E-state index in [0.29, 0.717) is 0 Å². The third kappa shape index (κ3) is 1.74. The van der Waals surface area contributed by atoms with Crippen LogP contribution >= 0.6 is 0 Å². The standard InChI is InChI=1S/C17H19N/c1-2-4-13-9-14(6-5-12(13)3-1)15-10-16-7-8-17(11-15)18-16/h1-6,9,15-18H,7-8,10-11H2/t15?,16-,17+. The second-order valence-corrected chi connectivity index (χ2v) is 5.91. The maximum Gasteiger partial charge on any atom is 0.00760 e. The number of fused-ring (bicyclic) bond motifs is 3. The lowest BCUT2D eigenvalue weighted by molar-refractivity contribution is 0.363. The Hall–Kier alpha value is -1.34. The Bertz CT molecular complexity index is 563. The fourth-order valence-electron chi connectivity index (χ4n) is 3.79. The molecular formula is C17H19N. The molecular weight excluding hydrogens is 218 g/mol. The van der Waals surface area contributed by atoms with E-state index in [2.05, 4.69) is 47.8 Å². The topological polar surface area (TPSA) is 12.0 Å². The molecule has 2 fully saturated rings. The van der Waals surface area contributed by atoms with Crippen LogP contribution in [0.2, 0.25) is 0 Å². The van der Waals surface area contributed by atoms with E-state index < -0.39 is 0 Å². The van der Waals surface area contributed by atoms with Crippen LogP contribution in [0.1, 0.15) is 37.2 Å². The quantitative estimate of drug-likeness (QED) is 0.794. The van der Waals surface area contributed by atoms with Crippen LogP contribution in [0.5, 0.6) is 0 Å². The van der Waals surface area contributed by atoms with Gasteiger partial charge in [-0.25, -0.2) is 0 Å². The maximum absolute atomic E-state index is 3.73. The lowest BCUT2D eigenvalue weighted by Crippen LogP contribution is -2.37. The van der Waals surface area contributed by atoms with Gasteiger partial charge in [-0.2, -0.15) is 0 Å². The second-order valence-electron chi connectivity index (χ2n) is 5.91. The van der Waals surface area contributed by atoms with Gasteiger partial charge in [-0.15, -0.1) is 0 Å². The fourth-order valence-corrected chi connectivity index (χ4v) is 3.79. The lowest BCUT2D eigenvalue weighted by Gasteiger charge is -2.29. The van der Waals surface area contributed by atoms with Crippen molar-refractivity contribution in [3.8, 4) is 0 Å². The van der Waals surface area contributed by atoms with Gasteiger partial charge in [-0.1, -0.05) is 42.5 Å². The van der Waals surface area contributed by atoms with Gasteiger partial charge in [0.1, 0.15) is 0 Å². The summed E-state index contributed by atoms with van der Waals surface area (Å²) in [5, 5.41) is 6.48. The zero-order valence-corrected chi connectivity index (χ0v) is 10.6. The van der Waals surface area contributed by atoms with E-state index in [1.807, 2.05) is 0 Å². The lowest BCUT2D eigenvalue weighted by atomic mass is 9.85. The first kappa shape index (κ1) is 10.6. The summed E-state index contributed by atoms with van der Waals surface area (Å²) in [5.41, 5.74) is 1.55. The second kappa shape index (κ2) is 4.10. The molecule has 1 unspecified atom stereocenters. The summed E-state index contributed by atoms with van der Waals surface area (Å²) in [4.78, 5) is 0. The van der Waals surface area contributed by atoms with Crippen molar-refractivity contribution in [2.45, 2.75) is 43.7 Å². The first-order valence-electron chi connectivity index (χ1n) is 7.13. The summed E-state index contributed by atoms with van der Waals surface area (Å²) in [7, 11) is 0. The van der Waals surface area contributed by atoms with E-state index in [4.69, 9.17) is 0 Å². The summed E-state index contributed by atoms with van der Waals surface area (Å²) in [5.74, 6) is 0.772. The Morgan fingerprint density at radius 3 is 2.33 bits per heavy atom. The minimum absolute atomic E-state index is 0.772. The van der Waals surface area contributed by atoms with Crippen LogP contribution in [0, 0.1) is 0 Å². The van der Waals surface area contributed by atoms with Gasteiger partial charge in [0.15, 0.2) is 0 Å². The number of rotatable bonds is 1. The van der Waals surface area contributed by atoms with Crippen LogP contribution in [0.3, 0.4) is 0 Å². The van der Waals surface area contributed by atoms with Gasteiger partial charge in [0.2, 0.25) is 0 Å². The molecule has 3 atom stereocenters. The van der Waals surface area contributed by atoms with Gasteiger partial charge in [-0.05, 0) is 47.9 Å². The number of piperidine rings is 1. The minimum atomic E-state index is 0.772. The van der Waals surface area contributed by atoms with E-state index >= 15 is 0 Å². The molecule has 0 amide bonds. The predicted molar refractivity (Wildman–Crippen MR) is 75.9 cm³/mol. The van der Waals surface area contributed by atoms with E-state index in [0.717, 1.165) is 18.0 Å². The van der Waals surface area contributed by atoms with Crippen molar-refractivity contribution in [3.63, 3.8) is 0 Å². The predicted octanol–water partition coefficient (Wildman–Crippen LogP) is 3.84. The van der Waals surface area contributed by atoms with Gasteiger partial charge in [0.25, 0.3) is 0 Å². The molecule has 2 saturated heterocycles.